The molecule has 1 aliphatic heterocycles. The van der Waals surface area contributed by atoms with Crippen LogP contribution in [0.5, 0.6) is 5.75 Å². The third-order valence-electron chi connectivity index (χ3n) is 6.36. The number of hydrogen-bond acceptors (Lipinski definition) is 4. The number of nitrogens with one attached hydrogen (secondary N) is 2. The van der Waals surface area contributed by atoms with Crippen LogP contribution in [0.1, 0.15) is 60.9 Å². The molecule has 0 aromatic heterocycles. The summed E-state index contributed by atoms with van der Waals surface area (Å²) in [5, 5.41) is 5.83. The molecule has 1 heterocycles. The standard InChI is InChI=1S/C25H29N3O4/c1-32-21-13-11-20(12-14-21)26-22(29)19-9-7-18(8-10-19)17-28-23(30)25(27-24(28)31)15-5-3-2-4-6-16-25/h7-14H,2-6,15-17H2,1H3,(H,26,29)(H,27,31). The maximum Gasteiger partial charge on any atom is 0.325 e. The van der Waals surface area contributed by atoms with Crippen LogP contribution < -0.4 is 15.4 Å². The number of amides is 4. The van der Waals surface area contributed by atoms with Crippen LogP contribution in [-0.2, 0) is 11.3 Å². The van der Waals surface area contributed by atoms with E-state index in [9.17, 15) is 14.4 Å². The maximum atomic E-state index is 13.2. The van der Waals surface area contributed by atoms with Crippen LogP contribution >= 0.6 is 0 Å². The lowest BCUT2D eigenvalue weighted by molar-refractivity contribution is -0.132. The van der Waals surface area contributed by atoms with E-state index in [4.69, 9.17) is 4.74 Å². The Kier molecular flexibility index (Phi) is 6.44. The van der Waals surface area contributed by atoms with Gasteiger partial charge in [-0.3, -0.25) is 14.5 Å². The predicted octanol–water partition coefficient (Wildman–Crippen LogP) is 4.48. The van der Waals surface area contributed by atoms with Gasteiger partial charge in [-0.05, 0) is 54.8 Å². The largest absolute Gasteiger partial charge is 0.497 e. The van der Waals surface area contributed by atoms with Crippen LogP contribution in [0.4, 0.5) is 10.5 Å². The molecule has 1 spiro atoms. The van der Waals surface area contributed by atoms with E-state index >= 15 is 0 Å². The van der Waals surface area contributed by atoms with Gasteiger partial charge in [0.15, 0.2) is 0 Å². The van der Waals surface area contributed by atoms with Gasteiger partial charge in [-0.15, -0.1) is 0 Å². The highest BCUT2D eigenvalue weighted by Crippen LogP contribution is 2.32. The smallest absolute Gasteiger partial charge is 0.325 e. The summed E-state index contributed by atoms with van der Waals surface area (Å²) >= 11 is 0. The highest BCUT2D eigenvalue weighted by molar-refractivity contribution is 6.07. The first-order valence-corrected chi connectivity index (χ1v) is 11.2. The number of benzene rings is 2. The van der Waals surface area contributed by atoms with Crippen molar-refractivity contribution >= 4 is 23.5 Å². The van der Waals surface area contributed by atoms with Gasteiger partial charge in [0.2, 0.25) is 0 Å². The number of carbonyl (C=O) groups is 3. The lowest BCUT2D eigenvalue weighted by Crippen LogP contribution is -2.47. The summed E-state index contributed by atoms with van der Waals surface area (Å²) in [4.78, 5) is 39.6. The molecule has 0 bridgehead atoms. The molecular weight excluding hydrogens is 406 g/mol. The number of methoxy groups -OCH3 is 1. The molecular formula is C25H29N3O4. The van der Waals surface area contributed by atoms with E-state index in [1.54, 1.807) is 55.6 Å². The fourth-order valence-electron chi connectivity index (χ4n) is 4.49. The molecule has 0 radical (unpaired) electrons. The van der Waals surface area contributed by atoms with Crippen LogP contribution in [0, 0.1) is 0 Å². The summed E-state index contributed by atoms with van der Waals surface area (Å²) in [5.41, 5.74) is 1.23. The molecule has 1 saturated carbocycles. The molecule has 4 amide bonds. The molecule has 7 heteroatoms. The SMILES string of the molecule is COc1ccc(NC(=O)c2ccc(CN3C(=O)NC4(CCCCCCC4)C3=O)cc2)cc1. The predicted molar refractivity (Wildman–Crippen MR) is 122 cm³/mol. The summed E-state index contributed by atoms with van der Waals surface area (Å²) < 4.78 is 5.12. The first kappa shape index (κ1) is 21.9. The zero-order valence-electron chi connectivity index (χ0n) is 18.4. The molecule has 2 fully saturated rings. The fraction of sp³-hybridized carbons (Fsp3) is 0.400. The van der Waals surface area contributed by atoms with Crippen molar-refractivity contribution in [1.82, 2.24) is 10.2 Å². The van der Waals surface area contributed by atoms with Gasteiger partial charge in [-0.2, -0.15) is 0 Å². The van der Waals surface area contributed by atoms with Crippen LogP contribution in [0.25, 0.3) is 0 Å². The Balaban J connectivity index is 1.40. The van der Waals surface area contributed by atoms with Crippen molar-refractivity contribution in [3.8, 4) is 5.75 Å². The van der Waals surface area contributed by atoms with E-state index in [2.05, 4.69) is 10.6 Å². The van der Waals surface area contributed by atoms with Gasteiger partial charge in [0.25, 0.3) is 11.8 Å². The number of nitrogens with zero attached hydrogens (tertiary/aromatic N) is 1. The zero-order chi connectivity index (χ0) is 22.6. The molecule has 0 atom stereocenters. The van der Waals surface area contributed by atoms with Crippen molar-refractivity contribution in [3.63, 3.8) is 0 Å². The highest BCUT2D eigenvalue weighted by atomic mass is 16.5. The first-order valence-electron chi connectivity index (χ1n) is 11.2. The summed E-state index contributed by atoms with van der Waals surface area (Å²) in [7, 11) is 1.59. The van der Waals surface area contributed by atoms with Gasteiger partial charge in [0, 0.05) is 11.3 Å². The quantitative estimate of drug-likeness (QED) is 0.678. The fourth-order valence-corrected chi connectivity index (χ4v) is 4.49. The maximum absolute atomic E-state index is 13.2. The number of anilines is 1. The summed E-state index contributed by atoms with van der Waals surface area (Å²) in [5.74, 6) is 0.366. The molecule has 7 nitrogen and oxygen atoms in total. The summed E-state index contributed by atoms with van der Waals surface area (Å²) in [6.45, 7) is 0.201. The Bertz CT molecular complexity index is 977. The van der Waals surface area contributed by atoms with Crippen LogP contribution in [0.3, 0.4) is 0 Å². The minimum Gasteiger partial charge on any atom is -0.497 e. The van der Waals surface area contributed by atoms with Crippen molar-refractivity contribution in [2.75, 3.05) is 12.4 Å². The van der Waals surface area contributed by atoms with E-state index in [0.717, 1.165) is 31.2 Å². The van der Waals surface area contributed by atoms with E-state index in [1.807, 2.05) is 0 Å². The molecule has 1 saturated heterocycles. The van der Waals surface area contributed by atoms with Gasteiger partial charge < -0.3 is 15.4 Å². The minimum atomic E-state index is -0.740. The number of hydrogen-bond donors (Lipinski definition) is 2. The van der Waals surface area contributed by atoms with E-state index in [-0.39, 0.29) is 24.4 Å². The second-order valence-electron chi connectivity index (χ2n) is 8.55. The Morgan fingerprint density at radius 3 is 2.22 bits per heavy atom. The van der Waals surface area contributed by atoms with E-state index in [1.165, 1.54) is 11.3 Å². The van der Waals surface area contributed by atoms with Crippen molar-refractivity contribution in [2.45, 2.75) is 57.0 Å². The van der Waals surface area contributed by atoms with Gasteiger partial charge in [-0.1, -0.05) is 44.2 Å². The van der Waals surface area contributed by atoms with Crippen LogP contribution in [0.15, 0.2) is 48.5 Å². The second-order valence-corrected chi connectivity index (χ2v) is 8.55. The minimum absolute atomic E-state index is 0.120. The molecule has 1 aliphatic carbocycles. The Hall–Kier alpha value is -3.35. The third-order valence-corrected chi connectivity index (χ3v) is 6.36. The van der Waals surface area contributed by atoms with Crippen molar-refractivity contribution in [3.05, 3.63) is 59.7 Å². The molecule has 2 aromatic carbocycles. The molecule has 168 valence electrons. The lowest BCUT2D eigenvalue weighted by atomic mass is 9.84. The topological polar surface area (TPSA) is 87.7 Å². The summed E-state index contributed by atoms with van der Waals surface area (Å²) in [6.07, 6.45) is 6.73. The van der Waals surface area contributed by atoms with E-state index in [0.29, 0.717) is 29.8 Å². The average Bonchev–Trinajstić information content (AvgIpc) is 3.02. The Morgan fingerprint density at radius 2 is 1.59 bits per heavy atom. The summed E-state index contributed by atoms with van der Waals surface area (Å²) in [6, 6.07) is 13.8. The second kappa shape index (κ2) is 9.42. The number of imide groups is 1. The number of urea groups is 1. The molecule has 2 aromatic rings. The monoisotopic (exact) mass is 435 g/mol. The van der Waals surface area contributed by atoms with Crippen LogP contribution in [-0.4, -0.2) is 35.4 Å². The van der Waals surface area contributed by atoms with E-state index < -0.39 is 5.54 Å². The lowest BCUT2D eigenvalue weighted by Gasteiger charge is -2.28. The highest BCUT2D eigenvalue weighted by Gasteiger charge is 2.50. The number of rotatable bonds is 5. The first-order chi connectivity index (χ1) is 15.5. The molecule has 2 aliphatic rings. The van der Waals surface area contributed by atoms with Gasteiger partial charge in [-0.25, -0.2) is 4.79 Å². The zero-order valence-corrected chi connectivity index (χ0v) is 18.4. The Morgan fingerprint density at radius 1 is 0.969 bits per heavy atom. The normalized spacial score (nSPS) is 18.1. The Labute approximate surface area is 188 Å². The third kappa shape index (κ3) is 4.61. The van der Waals surface area contributed by atoms with Crippen LogP contribution in [0.2, 0.25) is 0 Å². The molecule has 0 unspecified atom stereocenters. The van der Waals surface area contributed by atoms with Gasteiger partial charge in [0.1, 0.15) is 11.3 Å². The number of carbonyl (C=O) groups excluding carboxylic acids is 3. The molecule has 32 heavy (non-hydrogen) atoms. The van der Waals surface area contributed by atoms with Gasteiger partial charge >= 0.3 is 6.03 Å². The van der Waals surface area contributed by atoms with Crippen molar-refractivity contribution < 1.29 is 19.1 Å². The van der Waals surface area contributed by atoms with Gasteiger partial charge in [0.05, 0.1) is 13.7 Å². The molecule has 4 rings (SSSR count). The average molecular weight is 436 g/mol. The van der Waals surface area contributed by atoms with Crippen molar-refractivity contribution in [1.29, 1.82) is 0 Å². The number of ether oxygens (including phenoxy) is 1. The van der Waals surface area contributed by atoms with Crippen molar-refractivity contribution in [2.24, 2.45) is 0 Å². The molecule has 2 N–H and O–H groups in total.